The number of hydrogen-bond acceptors (Lipinski definition) is 5. The molecule has 0 aromatic carbocycles. The van der Waals surface area contributed by atoms with Crippen LogP contribution in [0.15, 0.2) is 6.07 Å². The number of nitrogens with zero attached hydrogens (tertiary/aromatic N) is 2. The fourth-order valence-corrected chi connectivity index (χ4v) is 5.65. The molecule has 1 N–H and O–H groups in total. The topological polar surface area (TPSA) is 87.2 Å². The smallest absolute Gasteiger partial charge is 0.348 e. The third-order valence-electron chi connectivity index (χ3n) is 6.85. The van der Waals surface area contributed by atoms with E-state index in [4.69, 9.17) is 4.74 Å². The van der Waals surface area contributed by atoms with E-state index in [-0.39, 0.29) is 28.0 Å². The fraction of sp³-hybridized carbons (Fsp3) is 0.679. The highest BCUT2D eigenvalue weighted by Gasteiger charge is 2.39. The Kier molecular flexibility index (Phi) is 9.59. The number of thiophene rings is 1. The molecule has 7 nitrogen and oxygen atoms in total. The molecular formula is C28H40N2O5S. The van der Waals surface area contributed by atoms with Gasteiger partial charge in [0.2, 0.25) is 11.8 Å². The highest BCUT2D eigenvalue weighted by Crippen LogP contribution is 2.37. The molecule has 1 aliphatic carbocycles. The Balaban J connectivity index is 2.07. The minimum Gasteiger partial charge on any atom is -0.477 e. The first-order chi connectivity index (χ1) is 17.0. The molecule has 0 spiro atoms. The summed E-state index contributed by atoms with van der Waals surface area (Å²) in [5.41, 5.74) is 0.0408. The minimum atomic E-state index is -1.11. The molecule has 0 unspecified atom stereocenters. The molecule has 2 aliphatic rings. The molecule has 0 radical (unpaired) electrons. The maximum atomic E-state index is 14.1. The van der Waals surface area contributed by atoms with E-state index in [1.165, 1.54) is 4.90 Å². The Morgan fingerprint density at radius 1 is 1.19 bits per heavy atom. The van der Waals surface area contributed by atoms with Crippen molar-refractivity contribution in [2.45, 2.75) is 79.2 Å². The summed E-state index contributed by atoms with van der Waals surface area (Å²) in [6, 6.07) is 0.920. The van der Waals surface area contributed by atoms with Gasteiger partial charge in [0.15, 0.2) is 0 Å². The number of ether oxygens (including phenoxy) is 1. The molecule has 1 atom stereocenters. The summed E-state index contributed by atoms with van der Waals surface area (Å²) in [5.74, 6) is 5.18. The maximum absolute atomic E-state index is 14.1. The number of aromatic carboxylic acids is 1. The van der Waals surface area contributed by atoms with Crippen molar-refractivity contribution >= 4 is 34.8 Å². The van der Waals surface area contributed by atoms with Gasteiger partial charge in [-0.15, -0.1) is 11.3 Å². The standard InChI is InChI=1S/C28H40N2O5S/c1-6-22(26(32)29-14-7-16-35-17-15-29)30(25(31)20-10-8-19(2)9-11-20)23-18-21(12-13-28(3,4)5)36-24(23)27(33)34/h18-20,22H,6-11,14-17H2,1-5H3,(H,33,34)/t19?,20?,22-/m0/s1. The van der Waals surface area contributed by atoms with Crippen molar-refractivity contribution in [2.24, 2.45) is 17.3 Å². The van der Waals surface area contributed by atoms with E-state index in [9.17, 15) is 19.5 Å². The van der Waals surface area contributed by atoms with Crippen LogP contribution in [0.3, 0.4) is 0 Å². The van der Waals surface area contributed by atoms with Gasteiger partial charge in [-0.3, -0.25) is 14.5 Å². The van der Waals surface area contributed by atoms with Crippen LogP contribution in [0, 0.1) is 29.1 Å². The van der Waals surface area contributed by atoms with Crippen LogP contribution < -0.4 is 4.90 Å². The van der Waals surface area contributed by atoms with Crippen molar-refractivity contribution in [1.82, 2.24) is 4.90 Å². The summed E-state index contributed by atoms with van der Waals surface area (Å²) < 4.78 is 5.53. The van der Waals surface area contributed by atoms with Crippen LogP contribution in [0.4, 0.5) is 5.69 Å². The summed E-state index contributed by atoms with van der Waals surface area (Å²) in [6.07, 6.45) is 4.54. The number of carbonyl (C=O) groups excluding carboxylic acids is 2. The van der Waals surface area contributed by atoms with Crippen molar-refractivity contribution in [1.29, 1.82) is 0 Å². The molecule has 2 amide bonds. The average molecular weight is 517 g/mol. The fourth-order valence-electron chi connectivity index (χ4n) is 4.81. The van der Waals surface area contributed by atoms with E-state index >= 15 is 0 Å². The van der Waals surface area contributed by atoms with E-state index in [2.05, 4.69) is 18.8 Å². The highest BCUT2D eigenvalue weighted by molar-refractivity contribution is 7.15. The number of carboxylic acid groups (broad SMARTS) is 1. The number of amides is 2. The van der Waals surface area contributed by atoms with Gasteiger partial charge in [-0.25, -0.2) is 4.79 Å². The second-order valence-electron chi connectivity index (χ2n) is 11.0. The van der Waals surface area contributed by atoms with Gasteiger partial charge in [0.25, 0.3) is 0 Å². The number of hydrogen-bond donors (Lipinski definition) is 1. The van der Waals surface area contributed by atoms with Crippen molar-refractivity contribution in [3.63, 3.8) is 0 Å². The van der Waals surface area contributed by atoms with Crippen LogP contribution in [0.1, 0.15) is 87.7 Å². The van der Waals surface area contributed by atoms with Crippen LogP contribution in [0.2, 0.25) is 0 Å². The number of carboxylic acids is 1. The molecule has 198 valence electrons. The third kappa shape index (κ3) is 7.10. The molecule has 3 rings (SSSR count). The molecule has 2 heterocycles. The Morgan fingerprint density at radius 2 is 1.89 bits per heavy atom. The first kappa shape index (κ1) is 28.2. The molecule has 0 bridgehead atoms. The van der Waals surface area contributed by atoms with Gasteiger partial charge in [-0.05, 0) is 71.3 Å². The van der Waals surface area contributed by atoms with Gasteiger partial charge in [0.1, 0.15) is 10.9 Å². The van der Waals surface area contributed by atoms with Crippen LogP contribution in [-0.4, -0.2) is 60.1 Å². The molecule has 1 saturated carbocycles. The lowest BCUT2D eigenvalue weighted by molar-refractivity contribution is -0.135. The van der Waals surface area contributed by atoms with Gasteiger partial charge < -0.3 is 14.7 Å². The zero-order valence-corrected chi connectivity index (χ0v) is 23.1. The maximum Gasteiger partial charge on any atom is 0.348 e. The summed E-state index contributed by atoms with van der Waals surface area (Å²) in [7, 11) is 0. The lowest BCUT2D eigenvalue weighted by Crippen LogP contribution is -2.53. The van der Waals surface area contributed by atoms with Crippen molar-refractivity contribution in [3.05, 3.63) is 15.8 Å². The third-order valence-corrected chi connectivity index (χ3v) is 7.87. The Labute approximate surface area is 219 Å². The largest absolute Gasteiger partial charge is 0.477 e. The quantitative estimate of drug-likeness (QED) is 0.536. The normalized spacial score (nSPS) is 21.6. The Hall–Kier alpha value is -2.37. The SMILES string of the molecule is CC[C@@H](C(=O)N1CCCOCC1)N(C(=O)C1CCC(C)CC1)c1cc(C#CC(C)(C)C)sc1C(=O)O. The van der Waals surface area contributed by atoms with Crippen LogP contribution in [-0.2, 0) is 14.3 Å². The predicted molar refractivity (Wildman–Crippen MR) is 142 cm³/mol. The molecule has 1 aliphatic heterocycles. The predicted octanol–water partition coefficient (Wildman–Crippen LogP) is 5.03. The molecule has 8 heteroatoms. The van der Waals surface area contributed by atoms with Crippen molar-refractivity contribution < 1.29 is 24.2 Å². The van der Waals surface area contributed by atoms with Crippen LogP contribution in [0.25, 0.3) is 0 Å². The summed E-state index contributed by atoms with van der Waals surface area (Å²) in [4.78, 5) is 44.1. The van der Waals surface area contributed by atoms with E-state index in [0.717, 1.165) is 43.4 Å². The number of carbonyl (C=O) groups is 3. The summed E-state index contributed by atoms with van der Waals surface area (Å²) in [6.45, 7) is 12.1. The first-order valence-electron chi connectivity index (χ1n) is 13.1. The molecule has 1 aromatic rings. The van der Waals surface area contributed by atoms with E-state index < -0.39 is 12.0 Å². The Morgan fingerprint density at radius 3 is 2.50 bits per heavy atom. The van der Waals surface area contributed by atoms with Gasteiger partial charge in [-0.2, -0.15) is 0 Å². The average Bonchev–Trinajstić information content (AvgIpc) is 3.06. The summed E-state index contributed by atoms with van der Waals surface area (Å²) in [5, 5.41) is 10.1. The van der Waals surface area contributed by atoms with Crippen molar-refractivity contribution in [3.8, 4) is 11.8 Å². The molecule has 2 fully saturated rings. The Bertz CT molecular complexity index is 999. The highest BCUT2D eigenvalue weighted by atomic mass is 32.1. The summed E-state index contributed by atoms with van der Waals surface area (Å²) >= 11 is 1.07. The lowest BCUT2D eigenvalue weighted by atomic mass is 9.82. The van der Waals surface area contributed by atoms with Gasteiger partial charge in [-0.1, -0.05) is 25.7 Å². The first-order valence-corrected chi connectivity index (χ1v) is 13.9. The van der Waals surface area contributed by atoms with E-state index in [0.29, 0.717) is 49.2 Å². The minimum absolute atomic E-state index is 0.0520. The lowest BCUT2D eigenvalue weighted by Gasteiger charge is -2.37. The van der Waals surface area contributed by atoms with Gasteiger partial charge in [0, 0.05) is 31.0 Å². The van der Waals surface area contributed by atoms with Crippen LogP contribution >= 0.6 is 11.3 Å². The van der Waals surface area contributed by atoms with Crippen molar-refractivity contribution in [2.75, 3.05) is 31.2 Å². The zero-order valence-electron chi connectivity index (χ0n) is 22.3. The second kappa shape index (κ2) is 12.2. The van der Waals surface area contributed by atoms with E-state index in [1.807, 2.05) is 27.7 Å². The molecule has 36 heavy (non-hydrogen) atoms. The zero-order chi connectivity index (χ0) is 26.5. The molecular weight excluding hydrogens is 476 g/mol. The monoisotopic (exact) mass is 516 g/mol. The van der Waals surface area contributed by atoms with Crippen LogP contribution in [0.5, 0.6) is 0 Å². The van der Waals surface area contributed by atoms with Gasteiger partial charge in [0.05, 0.1) is 17.2 Å². The van der Waals surface area contributed by atoms with Gasteiger partial charge >= 0.3 is 5.97 Å². The second-order valence-corrected chi connectivity index (χ2v) is 12.1. The molecule has 1 saturated heterocycles. The van der Waals surface area contributed by atoms with E-state index in [1.54, 1.807) is 11.0 Å². The number of anilines is 1. The number of rotatable bonds is 6. The molecule has 1 aromatic heterocycles.